The van der Waals surface area contributed by atoms with E-state index in [4.69, 9.17) is 4.74 Å². The molecule has 25 heavy (non-hydrogen) atoms. The molecule has 0 aromatic carbocycles. The highest BCUT2D eigenvalue weighted by atomic mass is 16.6. The summed E-state index contributed by atoms with van der Waals surface area (Å²) in [5.74, 6) is -0.675. The van der Waals surface area contributed by atoms with Gasteiger partial charge in [-0.1, -0.05) is 0 Å². The molecule has 0 atom stereocenters. The van der Waals surface area contributed by atoms with Crippen LogP contribution in [0.4, 0.5) is 4.79 Å². The topological polar surface area (TPSA) is 105 Å². The van der Waals surface area contributed by atoms with E-state index in [1.807, 2.05) is 4.68 Å². The first-order valence-corrected chi connectivity index (χ1v) is 8.54. The molecule has 1 aromatic heterocycles. The molecule has 2 amide bonds. The molecule has 2 aliphatic heterocycles. The van der Waals surface area contributed by atoms with E-state index in [2.05, 4.69) is 5.10 Å². The molecular formula is C16H20N4O5. The van der Waals surface area contributed by atoms with Crippen LogP contribution in [0.3, 0.4) is 0 Å². The second-order valence-electron chi connectivity index (χ2n) is 6.81. The molecule has 0 radical (unpaired) electrons. The van der Waals surface area contributed by atoms with E-state index >= 15 is 0 Å². The number of carboxylic acid groups (broad SMARTS) is 1. The molecule has 0 unspecified atom stereocenters. The molecule has 4 rings (SSSR count). The highest BCUT2D eigenvalue weighted by molar-refractivity contribution is 5.88. The van der Waals surface area contributed by atoms with Gasteiger partial charge < -0.3 is 14.7 Å². The predicted molar refractivity (Wildman–Crippen MR) is 84.0 cm³/mol. The minimum absolute atomic E-state index is 0.0349. The third kappa shape index (κ3) is 3.06. The molecule has 2 fully saturated rings. The number of aromatic nitrogens is 2. The summed E-state index contributed by atoms with van der Waals surface area (Å²) in [5.41, 5.74) is 1.58. The van der Waals surface area contributed by atoms with Crippen LogP contribution in [0.2, 0.25) is 0 Å². The lowest BCUT2D eigenvalue weighted by Crippen LogP contribution is -2.43. The van der Waals surface area contributed by atoms with Crippen LogP contribution in [0.25, 0.3) is 0 Å². The van der Waals surface area contributed by atoms with Crippen LogP contribution < -0.4 is 0 Å². The molecule has 134 valence electrons. The van der Waals surface area contributed by atoms with Crippen molar-refractivity contribution < 1.29 is 24.2 Å². The maximum atomic E-state index is 12.5. The number of cyclic esters (lactones) is 1. The van der Waals surface area contributed by atoms with Crippen molar-refractivity contribution in [2.24, 2.45) is 5.92 Å². The number of amides is 2. The molecule has 1 aromatic rings. The second kappa shape index (κ2) is 6.05. The Morgan fingerprint density at radius 2 is 2.08 bits per heavy atom. The van der Waals surface area contributed by atoms with Crippen LogP contribution in [-0.2, 0) is 29.0 Å². The summed E-state index contributed by atoms with van der Waals surface area (Å²) < 4.78 is 6.65. The van der Waals surface area contributed by atoms with Crippen molar-refractivity contribution in [1.29, 1.82) is 0 Å². The lowest BCUT2D eigenvalue weighted by atomic mass is 10.0. The summed E-state index contributed by atoms with van der Waals surface area (Å²) in [7, 11) is 0. The van der Waals surface area contributed by atoms with E-state index in [9.17, 15) is 19.5 Å². The zero-order valence-electron chi connectivity index (χ0n) is 13.8. The van der Waals surface area contributed by atoms with Gasteiger partial charge in [0.05, 0.1) is 6.54 Å². The number of rotatable bonds is 5. The lowest BCUT2D eigenvalue weighted by molar-refractivity contribution is -0.132. The van der Waals surface area contributed by atoms with Gasteiger partial charge in [-0.2, -0.15) is 5.10 Å². The van der Waals surface area contributed by atoms with Gasteiger partial charge in [-0.15, -0.1) is 0 Å². The van der Waals surface area contributed by atoms with E-state index in [1.165, 1.54) is 4.90 Å². The minimum atomic E-state index is -1.07. The molecule has 9 heteroatoms. The number of nitrogens with zero attached hydrogens (tertiary/aromatic N) is 4. The summed E-state index contributed by atoms with van der Waals surface area (Å²) in [6.07, 6.45) is 2.43. The number of fused-ring (bicyclic) bond motifs is 1. The zero-order valence-corrected chi connectivity index (χ0v) is 13.8. The van der Waals surface area contributed by atoms with Crippen LogP contribution in [0.15, 0.2) is 0 Å². The lowest BCUT2D eigenvalue weighted by Gasteiger charge is -2.29. The van der Waals surface area contributed by atoms with Crippen LogP contribution in [0.5, 0.6) is 0 Å². The van der Waals surface area contributed by atoms with Gasteiger partial charge in [-0.05, 0) is 18.8 Å². The summed E-state index contributed by atoms with van der Waals surface area (Å²) >= 11 is 0. The Bertz CT molecular complexity index is 739. The molecule has 1 saturated carbocycles. The fraction of sp³-hybridized carbons (Fsp3) is 0.625. The number of hydrogen-bond acceptors (Lipinski definition) is 5. The summed E-state index contributed by atoms with van der Waals surface area (Å²) in [6, 6.07) is 0. The molecule has 3 heterocycles. The monoisotopic (exact) mass is 348 g/mol. The predicted octanol–water partition coefficient (Wildman–Crippen LogP) is 0.328. The average Bonchev–Trinajstić information content (AvgIpc) is 3.20. The Morgan fingerprint density at radius 1 is 1.28 bits per heavy atom. The number of hydrogen-bond donors (Lipinski definition) is 1. The summed E-state index contributed by atoms with van der Waals surface area (Å²) in [5, 5.41) is 13.7. The SMILES string of the molecule is O=C(O)c1nn(CC2CC2)c2c1CN(C(=O)CN1CCOC1=O)CC2. The van der Waals surface area contributed by atoms with Crippen molar-refractivity contribution in [3.63, 3.8) is 0 Å². The van der Waals surface area contributed by atoms with Gasteiger partial charge in [0.1, 0.15) is 13.2 Å². The molecule has 1 aliphatic carbocycles. The Balaban J connectivity index is 1.51. The summed E-state index contributed by atoms with van der Waals surface area (Å²) in [4.78, 5) is 38.5. The molecule has 9 nitrogen and oxygen atoms in total. The Morgan fingerprint density at radius 3 is 2.72 bits per heavy atom. The largest absolute Gasteiger partial charge is 0.476 e. The number of ether oxygens (including phenoxy) is 1. The zero-order chi connectivity index (χ0) is 17.6. The first-order chi connectivity index (χ1) is 12.0. The van der Waals surface area contributed by atoms with Crippen molar-refractivity contribution >= 4 is 18.0 Å². The average molecular weight is 348 g/mol. The molecule has 1 N–H and O–H groups in total. The number of aromatic carboxylic acids is 1. The van der Waals surface area contributed by atoms with Gasteiger partial charge in [-0.3, -0.25) is 14.4 Å². The van der Waals surface area contributed by atoms with Crippen LogP contribution in [0, 0.1) is 5.92 Å². The van der Waals surface area contributed by atoms with Gasteiger partial charge in [0.25, 0.3) is 0 Å². The second-order valence-corrected chi connectivity index (χ2v) is 6.81. The van der Waals surface area contributed by atoms with Crippen LogP contribution >= 0.6 is 0 Å². The normalized spacial score (nSPS) is 19.8. The van der Waals surface area contributed by atoms with Gasteiger partial charge >= 0.3 is 12.1 Å². The van der Waals surface area contributed by atoms with E-state index < -0.39 is 12.1 Å². The van der Waals surface area contributed by atoms with Crippen molar-refractivity contribution in [3.05, 3.63) is 17.0 Å². The van der Waals surface area contributed by atoms with E-state index in [-0.39, 0.29) is 24.7 Å². The first kappa shape index (κ1) is 15.9. The maximum Gasteiger partial charge on any atom is 0.410 e. The molecular weight excluding hydrogens is 328 g/mol. The van der Waals surface area contributed by atoms with E-state index in [0.29, 0.717) is 37.6 Å². The van der Waals surface area contributed by atoms with Gasteiger partial charge in [-0.25, -0.2) is 9.59 Å². The Labute approximate surface area is 144 Å². The standard InChI is InChI=1S/C16H20N4O5/c21-13(9-19-5-6-25-16(19)24)18-4-3-12-11(8-18)14(15(22)23)17-20(12)7-10-1-2-10/h10H,1-9H2,(H,22,23). The minimum Gasteiger partial charge on any atom is -0.476 e. The molecule has 0 spiro atoms. The fourth-order valence-electron chi connectivity index (χ4n) is 3.40. The molecule has 1 saturated heterocycles. The Hall–Kier alpha value is -2.58. The van der Waals surface area contributed by atoms with Gasteiger partial charge in [0, 0.05) is 37.3 Å². The number of carbonyl (C=O) groups is 3. The highest BCUT2D eigenvalue weighted by Crippen LogP contribution is 2.32. The van der Waals surface area contributed by atoms with Crippen LogP contribution in [-0.4, -0.2) is 68.9 Å². The van der Waals surface area contributed by atoms with Crippen molar-refractivity contribution in [3.8, 4) is 0 Å². The quantitative estimate of drug-likeness (QED) is 0.822. The molecule has 3 aliphatic rings. The third-order valence-corrected chi connectivity index (χ3v) is 4.99. The maximum absolute atomic E-state index is 12.5. The Kier molecular flexibility index (Phi) is 3.85. The third-order valence-electron chi connectivity index (χ3n) is 4.99. The molecule has 0 bridgehead atoms. The number of carbonyl (C=O) groups excluding carboxylic acids is 2. The van der Waals surface area contributed by atoms with Gasteiger partial charge in [0.15, 0.2) is 5.69 Å². The van der Waals surface area contributed by atoms with Crippen molar-refractivity contribution in [1.82, 2.24) is 19.6 Å². The van der Waals surface area contributed by atoms with Crippen LogP contribution in [0.1, 0.15) is 34.6 Å². The van der Waals surface area contributed by atoms with Crippen molar-refractivity contribution in [2.45, 2.75) is 32.4 Å². The number of carboxylic acids is 1. The highest BCUT2D eigenvalue weighted by Gasteiger charge is 2.33. The smallest absolute Gasteiger partial charge is 0.410 e. The van der Waals surface area contributed by atoms with E-state index in [0.717, 1.165) is 25.1 Å². The van der Waals surface area contributed by atoms with Gasteiger partial charge in [0.2, 0.25) is 5.91 Å². The first-order valence-electron chi connectivity index (χ1n) is 8.54. The van der Waals surface area contributed by atoms with Crippen molar-refractivity contribution in [2.75, 3.05) is 26.2 Å². The van der Waals surface area contributed by atoms with E-state index in [1.54, 1.807) is 4.90 Å². The summed E-state index contributed by atoms with van der Waals surface area (Å²) in [6.45, 7) is 2.15. The fourth-order valence-corrected chi connectivity index (χ4v) is 3.40.